The zero-order chi connectivity index (χ0) is 17.6. The third-order valence-electron chi connectivity index (χ3n) is 6.35. The van der Waals surface area contributed by atoms with Crippen LogP contribution >= 0.6 is 0 Å². The fourth-order valence-electron chi connectivity index (χ4n) is 4.59. The van der Waals surface area contributed by atoms with Crippen LogP contribution in [0.5, 0.6) is 0 Å². The minimum Gasteiger partial charge on any atom is -0.352 e. The Balaban J connectivity index is 1.35. The molecule has 0 atom stereocenters. The number of carbonyl (C=O) groups is 2. The first-order valence-electron chi connectivity index (χ1n) is 10.4. The maximum atomic E-state index is 12.6. The number of piperidine rings is 2. The van der Waals surface area contributed by atoms with Crippen molar-refractivity contribution in [2.24, 2.45) is 11.8 Å². The van der Waals surface area contributed by atoms with E-state index >= 15 is 0 Å². The van der Waals surface area contributed by atoms with Gasteiger partial charge in [-0.25, -0.2) is 0 Å². The van der Waals surface area contributed by atoms with Gasteiger partial charge in [0.1, 0.15) is 0 Å². The highest BCUT2D eigenvalue weighted by molar-refractivity contribution is 5.79. The number of nitrogens with one attached hydrogen (secondary N) is 1. The van der Waals surface area contributed by atoms with Gasteiger partial charge in [0.05, 0.1) is 6.54 Å². The molecule has 2 aliphatic heterocycles. The van der Waals surface area contributed by atoms with Gasteiger partial charge in [0, 0.05) is 25.0 Å². The Bertz CT molecular complexity index is 446. The normalized spacial score (nSPS) is 29.4. The van der Waals surface area contributed by atoms with Crippen molar-refractivity contribution in [2.75, 3.05) is 32.7 Å². The van der Waals surface area contributed by atoms with Crippen LogP contribution in [-0.4, -0.2) is 60.4 Å². The summed E-state index contributed by atoms with van der Waals surface area (Å²) >= 11 is 0. The van der Waals surface area contributed by atoms with E-state index in [9.17, 15) is 9.59 Å². The van der Waals surface area contributed by atoms with Gasteiger partial charge in [0.2, 0.25) is 11.8 Å². The average Bonchev–Trinajstić information content (AvgIpc) is 2.64. The molecule has 142 valence electrons. The lowest BCUT2D eigenvalue weighted by Crippen LogP contribution is -2.48. The lowest BCUT2D eigenvalue weighted by Gasteiger charge is -2.35. The molecular weight excluding hydrogens is 314 g/mol. The first-order chi connectivity index (χ1) is 12.1. The molecule has 0 aromatic rings. The predicted octanol–water partition coefficient (Wildman–Crippen LogP) is 2.41. The van der Waals surface area contributed by atoms with Gasteiger partial charge < -0.3 is 10.2 Å². The van der Waals surface area contributed by atoms with Crippen LogP contribution in [0.2, 0.25) is 0 Å². The van der Waals surface area contributed by atoms with Gasteiger partial charge in [-0.15, -0.1) is 0 Å². The van der Waals surface area contributed by atoms with E-state index < -0.39 is 0 Å². The molecule has 2 saturated heterocycles. The molecule has 3 rings (SSSR count). The summed E-state index contributed by atoms with van der Waals surface area (Å²) in [5.74, 6) is 1.52. The third kappa shape index (κ3) is 5.44. The topological polar surface area (TPSA) is 52.7 Å². The van der Waals surface area contributed by atoms with Gasteiger partial charge in [0.15, 0.2) is 0 Å². The second kappa shape index (κ2) is 9.02. The molecule has 2 amide bonds. The van der Waals surface area contributed by atoms with Crippen LogP contribution < -0.4 is 5.32 Å². The van der Waals surface area contributed by atoms with Crippen molar-refractivity contribution in [3.63, 3.8) is 0 Å². The van der Waals surface area contributed by atoms with E-state index in [4.69, 9.17) is 0 Å². The fraction of sp³-hybridized carbons (Fsp3) is 0.900. The molecule has 0 aromatic carbocycles. The molecule has 1 saturated carbocycles. The first kappa shape index (κ1) is 18.7. The molecule has 0 spiro atoms. The molecule has 0 bridgehead atoms. The minimum atomic E-state index is 0.167. The summed E-state index contributed by atoms with van der Waals surface area (Å²) in [5.41, 5.74) is 0. The Morgan fingerprint density at radius 2 is 1.52 bits per heavy atom. The number of amides is 2. The van der Waals surface area contributed by atoms with Crippen LogP contribution in [0.4, 0.5) is 0 Å². The molecule has 5 heteroatoms. The Hall–Kier alpha value is -1.10. The van der Waals surface area contributed by atoms with E-state index in [0.717, 1.165) is 70.6 Å². The van der Waals surface area contributed by atoms with Gasteiger partial charge in [0.25, 0.3) is 0 Å². The molecule has 1 aliphatic carbocycles. The van der Waals surface area contributed by atoms with E-state index in [1.807, 2.05) is 0 Å². The van der Waals surface area contributed by atoms with Crippen LogP contribution in [0.25, 0.3) is 0 Å². The lowest BCUT2D eigenvalue weighted by atomic mass is 9.87. The van der Waals surface area contributed by atoms with E-state index in [2.05, 4.69) is 22.0 Å². The Labute approximate surface area is 152 Å². The highest BCUT2D eigenvalue weighted by Gasteiger charge is 2.30. The molecule has 5 nitrogen and oxygen atoms in total. The summed E-state index contributed by atoms with van der Waals surface area (Å²) in [5, 5.41) is 3.22. The number of likely N-dealkylation sites (tertiary alicyclic amines) is 2. The number of rotatable bonds is 4. The van der Waals surface area contributed by atoms with E-state index in [-0.39, 0.29) is 11.8 Å². The van der Waals surface area contributed by atoms with Crippen molar-refractivity contribution in [1.82, 2.24) is 15.1 Å². The van der Waals surface area contributed by atoms with Crippen LogP contribution in [-0.2, 0) is 9.59 Å². The smallest absolute Gasteiger partial charge is 0.234 e. The SMILES string of the molecule is CC1CCC(NC(=O)CN2CCC(C(=O)N3CCCCC3)CC2)CC1. The number of hydrogen-bond acceptors (Lipinski definition) is 3. The van der Waals surface area contributed by atoms with E-state index in [1.165, 1.54) is 19.3 Å². The molecule has 0 unspecified atom stereocenters. The summed E-state index contributed by atoms with van der Waals surface area (Å²) in [4.78, 5) is 29.2. The molecular formula is C20H35N3O2. The summed E-state index contributed by atoms with van der Waals surface area (Å²) in [6.45, 7) is 6.44. The van der Waals surface area contributed by atoms with E-state index in [0.29, 0.717) is 18.5 Å². The van der Waals surface area contributed by atoms with Gasteiger partial charge in [-0.3, -0.25) is 14.5 Å². The number of nitrogens with zero attached hydrogens (tertiary/aromatic N) is 2. The quantitative estimate of drug-likeness (QED) is 0.848. The van der Waals surface area contributed by atoms with Crippen LogP contribution in [0.1, 0.15) is 64.7 Å². The standard InChI is InChI=1S/C20H35N3O2/c1-16-5-7-18(8-6-16)21-19(24)15-22-13-9-17(10-14-22)20(25)23-11-3-2-4-12-23/h16-18H,2-15H2,1H3,(H,21,24). The second-order valence-corrected chi connectivity index (χ2v) is 8.46. The molecule has 25 heavy (non-hydrogen) atoms. The van der Waals surface area contributed by atoms with Crippen molar-refractivity contribution in [2.45, 2.75) is 70.8 Å². The van der Waals surface area contributed by atoms with Crippen molar-refractivity contribution in [1.29, 1.82) is 0 Å². The monoisotopic (exact) mass is 349 g/mol. The fourth-order valence-corrected chi connectivity index (χ4v) is 4.59. The van der Waals surface area contributed by atoms with Crippen LogP contribution in [0.3, 0.4) is 0 Å². The van der Waals surface area contributed by atoms with Crippen molar-refractivity contribution < 1.29 is 9.59 Å². The number of hydrogen-bond donors (Lipinski definition) is 1. The molecule has 0 aromatic heterocycles. The summed E-state index contributed by atoms with van der Waals surface area (Å²) in [6, 6.07) is 0.377. The van der Waals surface area contributed by atoms with Crippen molar-refractivity contribution in [3.05, 3.63) is 0 Å². The summed E-state index contributed by atoms with van der Waals surface area (Å²) in [6.07, 6.45) is 10.1. The highest BCUT2D eigenvalue weighted by atomic mass is 16.2. The zero-order valence-electron chi connectivity index (χ0n) is 15.8. The molecule has 3 fully saturated rings. The number of carbonyl (C=O) groups excluding carboxylic acids is 2. The summed E-state index contributed by atoms with van der Waals surface area (Å²) in [7, 11) is 0. The highest BCUT2D eigenvalue weighted by Crippen LogP contribution is 2.24. The Morgan fingerprint density at radius 1 is 0.880 bits per heavy atom. The molecule has 0 radical (unpaired) electrons. The Kier molecular flexibility index (Phi) is 6.74. The molecule has 1 N–H and O–H groups in total. The predicted molar refractivity (Wildman–Crippen MR) is 99.2 cm³/mol. The van der Waals surface area contributed by atoms with Crippen molar-refractivity contribution >= 4 is 11.8 Å². The maximum absolute atomic E-state index is 12.6. The maximum Gasteiger partial charge on any atom is 0.234 e. The van der Waals surface area contributed by atoms with Crippen LogP contribution in [0, 0.1) is 11.8 Å². The zero-order valence-corrected chi connectivity index (χ0v) is 15.8. The Morgan fingerprint density at radius 3 is 2.16 bits per heavy atom. The lowest BCUT2D eigenvalue weighted by molar-refractivity contribution is -0.138. The van der Waals surface area contributed by atoms with Crippen LogP contribution in [0.15, 0.2) is 0 Å². The van der Waals surface area contributed by atoms with E-state index in [1.54, 1.807) is 0 Å². The van der Waals surface area contributed by atoms with Crippen molar-refractivity contribution in [3.8, 4) is 0 Å². The van der Waals surface area contributed by atoms with Gasteiger partial charge >= 0.3 is 0 Å². The van der Waals surface area contributed by atoms with Gasteiger partial charge in [-0.1, -0.05) is 6.92 Å². The minimum absolute atomic E-state index is 0.167. The third-order valence-corrected chi connectivity index (χ3v) is 6.35. The average molecular weight is 350 g/mol. The van der Waals surface area contributed by atoms with Gasteiger partial charge in [-0.05, 0) is 76.8 Å². The largest absolute Gasteiger partial charge is 0.352 e. The summed E-state index contributed by atoms with van der Waals surface area (Å²) < 4.78 is 0. The molecule has 3 aliphatic rings. The second-order valence-electron chi connectivity index (χ2n) is 8.46. The molecule has 2 heterocycles. The van der Waals surface area contributed by atoms with Gasteiger partial charge in [-0.2, -0.15) is 0 Å². The first-order valence-corrected chi connectivity index (χ1v) is 10.4.